The van der Waals surface area contributed by atoms with Crippen molar-refractivity contribution in [3.05, 3.63) is 54.2 Å². The molecule has 2 rings (SSSR count). The normalized spacial score (nSPS) is 11.1. The minimum atomic E-state index is -4.41. The minimum absolute atomic E-state index is 0.101. The zero-order valence-corrected chi connectivity index (χ0v) is 14.5. The summed E-state index contributed by atoms with van der Waals surface area (Å²) in [6.07, 6.45) is -3.65. The van der Waals surface area contributed by atoms with Crippen LogP contribution in [-0.2, 0) is 15.7 Å². The molecule has 1 amide bonds. The number of benzene rings is 1. The van der Waals surface area contributed by atoms with Gasteiger partial charge in [-0.2, -0.15) is 13.2 Å². The lowest BCUT2D eigenvalue weighted by atomic mass is 10.3. The Morgan fingerprint density at radius 3 is 2.48 bits per heavy atom. The maximum atomic E-state index is 12.4. The monoisotopic (exact) mass is 383 g/mol. The fraction of sp³-hybridized carbons (Fsp3) is 0.333. The standard InChI is InChI=1S/C18H20F3N3O3/c19-18(20,21)14-6-7-16(24-12-14)22-8-9-23-17(25)13-26-10-11-27-15-4-2-1-3-5-15/h1-7,12H,8-11,13H2,(H,22,24)(H,23,25). The van der Waals surface area contributed by atoms with Crippen LogP contribution in [0, 0.1) is 0 Å². The lowest BCUT2D eigenvalue weighted by molar-refractivity contribution is -0.137. The first-order valence-corrected chi connectivity index (χ1v) is 8.24. The number of carbonyl (C=O) groups excluding carboxylic acids is 1. The van der Waals surface area contributed by atoms with Crippen LogP contribution < -0.4 is 15.4 Å². The predicted molar refractivity (Wildman–Crippen MR) is 93.5 cm³/mol. The quantitative estimate of drug-likeness (QED) is 0.618. The largest absolute Gasteiger partial charge is 0.491 e. The van der Waals surface area contributed by atoms with Gasteiger partial charge in [0.05, 0.1) is 12.2 Å². The van der Waals surface area contributed by atoms with Gasteiger partial charge in [-0.3, -0.25) is 4.79 Å². The number of ether oxygens (including phenoxy) is 2. The molecule has 2 aromatic rings. The van der Waals surface area contributed by atoms with Gasteiger partial charge in [0.15, 0.2) is 0 Å². The average molecular weight is 383 g/mol. The number of para-hydroxylation sites is 1. The number of hydrogen-bond acceptors (Lipinski definition) is 5. The number of aromatic nitrogens is 1. The highest BCUT2D eigenvalue weighted by Crippen LogP contribution is 2.28. The van der Waals surface area contributed by atoms with Gasteiger partial charge in [-0.25, -0.2) is 4.98 Å². The number of anilines is 1. The summed E-state index contributed by atoms with van der Waals surface area (Å²) in [6, 6.07) is 11.4. The molecule has 0 fully saturated rings. The molecule has 0 bridgehead atoms. The first-order valence-electron chi connectivity index (χ1n) is 8.24. The number of pyridine rings is 1. The first kappa shape index (κ1) is 20.5. The zero-order valence-electron chi connectivity index (χ0n) is 14.5. The van der Waals surface area contributed by atoms with Gasteiger partial charge in [-0.1, -0.05) is 18.2 Å². The van der Waals surface area contributed by atoms with Crippen molar-refractivity contribution in [3.8, 4) is 5.75 Å². The number of halogens is 3. The van der Waals surface area contributed by atoms with Crippen molar-refractivity contribution in [2.24, 2.45) is 0 Å². The summed E-state index contributed by atoms with van der Waals surface area (Å²) in [5.41, 5.74) is -0.810. The van der Waals surface area contributed by atoms with Crippen LogP contribution in [0.5, 0.6) is 5.75 Å². The van der Waals surface area contributed by atoms with Gasteiger partial charge in [0.2, 0.25) is 5.91 Å². The molecule has 0 saturated heterocycles. The summed E-state index contributed by atoms with van der Waals surface area (Å²) in [5.74, 6) is 0.733. The Morgan fingerprint density at radius 2 is 1.81 bits per heavy atom. The van der Waals surface area contributed by atoms with Crippen LogP contribution in [0.3, 0.4) is 0 Å². The van der Waals surface area contributed by atoms with Gasteiger partial charge < -0.3 is 20.1 Å². The molecule has 0 radical (unpaired) electrons. The smallest absolute Gasteiger partial charge is 0.417 e. The SMILES string of the molecule is O=C(COCCOc1ccccc1)NCCNc1ccc(C(F)(F)F)cn1. The molecule has 0 aliphatic carbocycles. The summed E-state index contributed by atoms with van der Waals surface area (Å²) in [7, 11) is 0. The van der Waals surface area contributed by atoms with Gasteiger partial charge in [0, 0.05) is 19.3 Å². The second kappa shape index (κ2) is 10.4. The predicted octanol–water partition coefficient (Wildman–Crippen LogP) is 2.72. The lowest BCUT2D eigenvalue weighted by Gasteiger charge is -2.10. The third-order valence-corrected chi connectivity index (χ3v) is 3.32. The number of hydrogen-bond donors (Lipinski definition) is 2. The van der Waals surface area contributed by atoms with E-state index in [1.165, 1.54) is 6.07 Å². The van der Waals surface area contributed by atoms with Crippen molar-refractivity contribution in [3.63, 3.8) is 0 Å². The van der Waals surface area contributed by atoms with Crippen LogP contribution in [0.1, 0.15) is 5.56 Å². The van der Waals surface area contributed by atoms with Crippen LogP contribution in [-0.4, -0.2) is 43.8 Å². The number of amides is 1. The van der Waals surface area contributed by atoms with Gasteiger partial charge >= 0.3 is 6.18 Å². The second-order valence-corrected chi connectivity index (χ2v) is 5.42. The Labute approximate surface area is 154 Å². The van der Waals surface area contributed by atoms with E-state index in [0.29, 0.717) is 19.0 Å². The number of nitrogens with zero attached hydrogens (tertiary/aromatic N) is 1. The average Bonchev–Trinajstić information content (AvgIpc) is 2.65. The maximum absolute atomic E-state index is 12.4. The first-order chi connectivity index (χ1) is 12.9. The van der Waals surface area contributed by atoms with E-state index in [1.807, 2.05) is 30.3 Å². The Hall–Kier alpha value is -2.81. The minimum Gasteiger partial charge on any atom is -0.491 e. The molecule has 1 heterocycles. The van der Waals surface area contributed by atoms with Crippen LogP contribution in [0.25, 0.3) is 0 Å². The highest BCUT2D eigenvalue weighted by Gasteiger charge is 2.30. The highest BCUT2D eigenvalue weighted by molar-refractivity contribution is 5.77. The van der Waals surface area contributed by atoms with E-state index < -0.39 is 11.7 Å². The summed E-state index contributed by atoms with van der Waals surface area (Å²) in [6.45, 7) is 1.11. The van der Waals surface area contributed by atoms with Crippen molar-refractivity contribution in [1.82, 2.24) is 10.3 Å². The fourth-order valence-electron chi connectivity index (χ4n) is 2.01. The summed E-state index contributed by atoms with van der Waals surface area (Å²) in [5, 5.41) is 5.44. The van der Waals surface area contributed by atoms with Crippen LogP contribution in [0.4, 0.5) is 19.0 Å². The van der Waals surface area contributed by atoms with Crippen LogP contribution >= 0.6 is 0 Å². The molecule has 0 spiro atoms. The maximum Gasteiger partial charge on any atom is 0.417 e. The van der Waals surface area contributed by atoms with E-state index in [4.69, 9.17) is 9.47 Å². The van der Waals surface area contributed by atoms with E-state index >= 15 is 0 Å². The molecule has 27 heavy (non-hydrogen) atoms. The van der Waals surface area contributed by atoms with Crippen molar-refractivity contribution >= 4 is 11.7 Å². The van der Waals surface area contributed by atoms with Crippen molar-refractivity contribution in [2.75, 3.05) is 38.2 Å². The summed E-state index contributed by atoms with van der Waals surface area (Å²) < 4.78 is 47.9. The fourth-order valence-corrected chi connectivity index (χ4v) is 2.01. The molecule has 0 atom stereocenters. The molecule has 2 N–H and O–H groups in total. The highest BCUT2D eigenvalue weighted by atomic mass is 19.4. The molecule has 0 aliphatic rings. The number of alkyl halides is 3. The van der Waals surface area contributed by atoms with Crippen molar-refractivity contribution in [1.29, 1.82) is 0 Å². The Morgan fingerprint density at radius 1 is 1.04 bits per heavy atom. The molecule has 1 aromatic carbocycles. The second-order valence-electron chi connectivity index (χ2n) is 5.42. The van der Waals surface area contributed by atoms with E-state index in [0.717, 1.165) is 18.0 Å². The van der Waals surface area contributed by atoms with Gasteiger partial charge in [0.25, 0.3) is 0 Å². The van der Waals surface area contributed by atoms with E-state index in [9.17, 15) is 18.0 Å². The molecule has 6 nitrogen and oxygen atoms in total. The molecule has 1 aromatic heterocycles. The Kier molecular flexibility index (Phi) is 7.87. The number of rotatable bonds is 10. The van der Waals surface area contributed by atoms with Crippen LogP contribution in [0.2, 0.25) is 0 Å². The molecular formula is C18H20F3N3O3. The van der Waals surface area contributed by atoms with Crippen molar-refractivity contribution < 1.29 is 27.4 Å². The van der Waals surface area contributed by atoms with Crippen molar-refractivity contribution in [2.45, 2.75) is 6.18 Å². The number of carbonyl (C=O) groups is 1. The van der Waals surface area contributed by atoms with E-state index in [1.54, 1.807) is 0 Å². The summed E-state index contributed by atoms with van der Waals surface area (Å²) >= 11 is 0. The Bertz CT molecular complexity index is 694. The molecule has 0 saturated carbocycles. The molecule has 146 valence electrons. The van der Waals surface area contributed by atoms with Gasteiger partial charge in [-0.15, -0.1) is 0 Å². The zero-order chi connectivity index (χ0) is 19.5. The molecule has 0 aliphatic heterocycles. The van der Waals surface area contributed by atoms with E-state index in [-0.39, 0.29) is 25.7 Å². The van der Waals surface area contributed by atoms with Gasteiger partial charge in [-0.05, 0) is 24.3 Å². The third-order valence-electron chi connectivity index (χ3n) is 3.32. The topological polar surface area (TPSA) is 72.5 Å². The van der Waals surface area contributed by atoms with E-state index in [2.05, 4.69) is 15.6 Å². The number of nitrogens with one attached hydrogen (secondary N) is 2. The molecule has 0 unspecified atom stereocenters. The summed E-state index contributed by atoms with van der Waals surface area (Å²) in [4.78, 5) is 15.3. The lowest BCUT2D eigenvalue weighted by Crippen LogP contribution is -2.32. The van der Waals surface area contributed by atoms with Crippen LogP contribution in [0.15, 0.2) is 48.7 Å². The Balaban J connectivity index is 1.52. The molecular weight excluding hydrogens is 363 g/mol. The van der Waals surface area contributed by atoms with Gasteiger partial charge in [0.1, 0.15) is 24.8 Å². The molecule has 9 heteroatoms. The third kappa shape index (κ3) is 7.95.